The van der Waals surface area contributed by atoms with Gasteiger partial charge in [-0.05, 0) is 72.8 Å². The van der Waals surface area contributed by atoms with E-state index in [-0.39, 0.29) is 5.75 Å². The first-order valence-corrected chi connectivity index (χ1v) is 12.2. The Labute approximate surface area is 184 Å². The van der Waals surface area contributed by atoms with Crippen LogP contribution in [0.4, 0.5) is 13.2 Å². The van der Waals surface area contributed by atoms with E-state index < -0.39 is 12.4 Å². The molecule has 0 amide bonds. The fraction of sp³-hybridized carbons (Fsp3) is 0.630. The molecule has 0 heterocycles. The van der Waals surface area contributed by atoms with Gasteiger partial charge in [-0.3, -0.25) is 0 Å². The van der Waals surface area contributed by atoms with Crippen molar-refractivity contribution in [3.8, 4) is 5.75 Å². The van der Waals surface area contributed by atoms with Crippen LogP contribution in [0.3, 0.4) is 0 Å². The molecule has 1 nitrogen and oxygen atoms in total. The fourth-order valence-electron chi connectivity index (χ4n) is 6.14. The second-order valence-electron chi connectivity index (χ2n) is 9.80. The van der Waals surface area contributed by atoms with Gasteiger partial charge in [0.25, 0.3) is 0 Å². The van der Waals surface area contributed by atoms with Crippen molar-refractivity contribution in [1.29, 1.82) is 0 Å². The summed E-state index contributed by atoms with van der Waals surface area (Å²) in [6.07, 6.45) is 14.8. The average molecular weight is 433 g/mol. The van der Waals surface area contributed by atoms with Gasteiger partial charge in [-0.2, -0.15) is 8.78 Å². The van der Waals surface area contributed by atoms with Crippen molar-refractivity contribution in [3.63, 3.8) is 0 Å². The fourth-order valence-corrected chi connectivity index (χ4v) is 6.14. The Bertz CT molecular complexity index is 865. The molecule has 2 aliphatic rings. The van der Waals surface area contributed by atoms with Gasteiger partial charge in [-0.1, -0.05) is 69.7 Å². The number of unbranched alkanes of at least 4 members (excludes halogenated alkanes) is 3. The zero-order valence-corrected chi connectivity index (χ0v) is 18.6. The lowest BCUT2D eigenvalue weighted by molar-refractivity contribution is -0.0520. The third-order valence-corrected chi connectivity index (χ3v) is 7.82. The van der Waals surface area contributed by atoms with Crippen LogP contribution in [0.1, 0.15) is 89.0 Å². The van der Waals surface area contributed by atoms with E-state index in [1.165, 1.54) is 82.3 Å². The summed E-state index contributed by atoms with van der Waals surface area (Å²) in [6, 6.07) is 8.77. The minimum atomic E-state index is -3.02. The summed E-state index contributed by atoms with van der Waals surface area (Å²) in [5, 5.41) is 1.11. The quantitative estimate of drug-likeness (QED) is 0.379. The molecule has 2 fully saturated rings. The molecule has 170 valence electrons. The van der Waals surface area contributed by atoms with Gasteiger partial charge in [0.2, 0.25) is 0 Å². The lowest BCUT2D eigenvalue weighted by Crippen LogP contribution is -2.30. The smallest absolute Gasteiger partial charge is 0.387 e. The molecule has 0 radical (unpaired) electrons. The number of rotatable bonds is 8. The van der Waals surface area contributed by atoms with Gasteiger partial charge in [0, 0.05) is 5.39 Å². The molecular formula is C27H35F3O. The van der Waals surface area contributed by atoms with Gasteiger partial charge >= 0.3 is 6.61 Å². The van der Waals surface area contributed by atoms with Gasteiger partial charge in [0.05, 0.1) is 0 Å². The van der Waals surface area contributed by atoms with Gasteiger partial charge in [-0.15, -0.1) is 0 Å². The molecule has 0 saturated heterocycles. The van der Waals surface area contributed by atoms with Crippen LogP contribution < -0.4 is 4.74 Å². The number of ether oxygens (including phenoxy) is 1. The molecule has 0 spiro atoms. The molecule has 0 bridgehead atoms. The maximum absolute atomic E-state index is 14.5. The molecule has 0 aliphatic heterocycles. The molecule has 4 rings (SSSR count). The van der Waals surface area contributed by atoms with Crippen molar-refractivity contribution in [2.24, 2.45) is 17.8 Å². The Morgan fingerprint density at radius 1 is 0.935 bits per heavy atom. The van der Waals surface area contributed by atoms with Crippen LogP contribution in [0, 0.1) is 23.6 Å². The van der Waals surface area contributed by atoms with Gasteiger partial charge in [0.15, 0.2) is 11.6 Å². The number of hydrogen-bond donors (Lipinski definition) is 0. The molecule has 2 saturated carbocycles. The summed E-state index contributed by atoms with van der Waals surface area (Å²) < 4.78 is 43.8. The second kappa shape index (κ2) is 10.3. The highest BCUT2D eigenvalue weighted by atomic mass is 19.3. The Morgan fingerprint density at radius 2 is 1.74 bits per heavy atom. The predicted octanol–water partition coefficient (Wildman–Crippen LogP) is 8.85. The van der Waals surface area contributed by atoms with E-state index in [0.29, 0.717) is 11.3 Å². The lowest BCUT2D eigenvalue weighted by atomic mass is 9.63. The standard InChI is InChI=1S/C27H35F3O/c1-2-3-4-5-6-18-7-8-20-16-21(10-9-19(20)15-18)22-11-13-24-23(17-22)12-14-25(26(24)28)31-27(29)30/h11-14,17-21,27H,2-10,15-16H2,1H3. The number of halogens is 3. The molecule has 2 aliphatic carbocycles. The van der Waals surface area contributed by atoms with Gasteiger partial charge in [0.1, 0.15) is 0 Å². The van der Waals surface area contributed by atoms with E-state index in [1.54, 1.807) is 12.1 Å². The van der Waals surface area contributed by atoms with Crippen molar-refractivity contribution in [2.45, 2.75) is 90.1 Å². The molecule has 2 aromatic rings. The van der Waals surface area contributed by atoms with Crippen molar-refractivity contribution in [1.82, 2.24) is 0 Å². The Hall–Kier alpha value is -1.71. The zero-order chi connectivity index (χ0) is 21.8. The van der Waals surface area contributed by atoms with Gasteiger partial charge < -0.3 is 4.74 Å². The summed E-state index contributed by atoms with van der Waals surface area (Å²) in [7, 11) is 0. The van der Waals surface area contributed by atoms with Crippen LogP contribution in [0.5, 0.6) is 5.75 Å². The molecule has 4 atom stereocenters. The molecule has 0 aromatic heterocycles. The molecule has 2 aromatic carbocycles. The van der Waals surface area contributed by atoms with E-state index in [9.17, 15) is 13.2 Å². The van der Waals surface area contributed by atoms with Gasteiger partial charge in [-0.25, -0.2) is 4.39 Å². The third kappa shape index (κ3) is 5.38. The minimum Gasteiger partial charge on any atom is -0.432 e. The SMILES string of the molecule is CCCCCCC1CCC2CC(c3ccc4c(F)c(OC(F)F)ccc4c3)CCC2C1. The van der Waals surface area contributed by atoms with Crippen LogP contribution in [0.25, 0.3) is 10.8 Å². The maximum Gasteiger partial charge on any atom is 0.387 e. The summed E-state index contributed by atoms with van der Waals surface area (Å²) in [5.41, 5.74) is 1.26. The van der Waals surface area contributed by atoms with Crippen LogP contribution in [0.2, 0.25) is 0 Å². The van der Waals surface area contributed by atoms with Crippen LogP contribution in [-0.2, 0) is 0 Å². The van der Waals surface area contributed by atoms with Crippen LogP contribution in [-0.4, -0.2) is 6.61 Å². The van der Waals surface area contributed by atoms with Crippen molar-refractivity contribution in [2.75, 3.05) is 0 Å². The molecule has 4 heteroatoms. The monoisotopic (exact) mass is 432 g/mol. The molecule has 31 heavy (non-hydrogen) atoms. The first-order chi connectivity index (χ1) is 15.0. The highest BCUT2D eigenvalue weighted by Gasteiger charge is 2.35. The zero-order valence-electron chi connectivity index (χ0n) is 18.6. The molecule has 0 N–H and O–H groups in total. The summed E-state index contributed by atoms with van der Waals surface area (Å²) in [4.78, 5) is 0. The lowest BCUT2D eigenvalue weighted by Gasteiger charge is -2.42. The van der Waals surface area contributed by atoms with Crippen molar-refractivity contribution < 1.29 is 17.9 Å². The first kappa shape index (κ1) is 22.5. The highest BCUT2D eigenvalue weighted by Crippen LogP contribution is 2.48. The summed E-state index contributed by atoms with van der Waals surface area (Å²) in [5.74, 6) is 2.07. The van der Waals surface area contributed by atoms with Crippen LogP contribution in [0.15, 0.2) is 30.3 Å². The van der Waals surface area contributed by atoms with Crippen LogP contribution >= 0.6 is 0 Å². The van der Waals surface area contributed by atoms with Crippen molar-refractivity contribution in [3.05, 3.63) is 41.7 Å². The Balaban J connectivity index is 1.38. The first-order valence-electron chi connectivity index (χ1n) is 12.2. The van der Waals surface area contributed by atoms with E-state index >= 15 is 0 Å². The molecular weight excluding hydrogens is 397 g/mol. The normalized spacial score (nSPS) is 26.2. The summed E-state index contributed by atoms with van der Waals surface area (Å²) >= 11 is 0. The number of benzene rings is 2. The van der Waals surface area contributed by atoms with E-state index in [4.69, 9.17) is 0 Å². The van der Waals surface area contributed by atoms with E-state index in [2.05, 4.69) is 17.7 Å². The molecule has 4 unspecified atom stereocenters. The Morgan fingerprint density at radius 3 is 2.55 bits per heavy atom. The summed E-state index contributed by atoms with van der Waals surface area (Å²) in [6.45, 7) is -0.748. The average Bonchev–Trinajstić information content (AvgIpc) is 2.78. The largest absolute Gasteiger partial charge is 0.432 e. The minimum absolute atomic E-state index is 0.346. The van der Waals surface area contributed by atoms with Crippen molar-refractivity contribution >= 4 is 10.8 Å². The number of alkyl halides is 2. The second-order valence-corrected chi connectivity index (χ2v) is 9.80. The van der Waals surface area contributed by atoms with E-state index in [0.717, 1.165) is 23.1 Å². The van der Waals surface area contributed by atoms with E-state index in [1.807, 2.05) is 6.07 Å². The number of fused-ring (bicyclic) bond motifs is 2. The maximum atomic E-state index is 14.5. The topological polar surface area (TPSA) is 9.23 Å². The Kier molecular flexibility index (Phi) is 7.45. The number of hydrogen-bond acceptors (Lipinski definition) is 1. The highest BCUT2D eigenvalue weighted by molar-refractivity contribution is 5.85. The third-order valence-electron chi connectivity index (χ3n) is 7.82. The predicted molar refractivity (Wildman–Crippen MR) is 120 cm³/mol.